The van der Waals surface area contributed by atoms with E-state index in [1.54, 1.807) is 48.2 Å². The number of hydrogen-bond acceptors (Lipinski definition) is 21. The molecular weight excluding hydrogens is 1470 g/mol. The molecule has 28 nitrogen and oxygen atoms in total. The highest BCUT2D eigenvalue weighted by atomic mass is 16.5. The molecule has 117 heavy (non-hydrogen) atoms. The zero-order valence-electron chi connectivity index (χ0n) is 67.1. The topological polar surface area (TPSA) is 308 Å². The maximum absolute atomic E-state index is 13.8. The summed E-state index contributed by atoms with van der Waals surface area (Å²) >= 11 is 0. The molecule has 3 aromatic carbocycles. The number of piperidine rings is 4. The standard InChI is InChI=1S/C24H26N4O2.2C22H24N6O.C21H23N7O/c1-3-30-20-8-7-17-5-4-10-25-23(17)22(20)24(29)28-14-16-11-18(19(28)12-16)27-21-9-6-15(2)13-26-21;1-14-3-5-19(28-24-7-8-25-28)17(9-14)22(29)27-13-16-10-18(20(27)11-16)26-21-6-4-15(2)12-23-21;1-14-6-7-20(23-12-14)26-18-10-16-11-19(18)27(13-16)22(29)17-5-3-4-15(2)21(17)28-24-8-9-25-28;1-13-3-6-19(22-11-13)26-16-9-15-10-18(16)27(12-15)21(29)20-17(5-4-14(2)25-20)28-23-7-8-24-28/h4-10,13,16,18-19H,3,11-12,14H2,1-2H3,(H,26,27);3-9,12,16,18,20H,10-11,13H2,1-2H3,(H,23,26);3-9,12,16,18-19H,10-11,13H2,1-2H3,(H,23,26);3-8,11,15-16,18H,9-10,12H2,1-2H3,(H,22,26). The number of carbonyl (C=O) groups is 4. The minimum atomic E-state index is -0.0585. The molecule has 13 heterocycles. The van der Waals surface area contributed by atoms with Gasteiger partial charge in [-0.1, -0.05) is 54.1 Å². The highest BCUT2D eigenvalue weighted by molar-refractivity contribution is 6.08. The zero-order chi connectivity index (χ0) is 80.5. The van der Waals surface area contributed by atoms with Crippen LogP contribution >= 0.6 is 0 Å². The minimum absolute atomic E-state index is 0.0126. The van der Waals surface area contributed by atoms with Crippen LogP contribution in [0.25, 0.3) is 28.0 Å². The third-order valence-electron chi connectivity index (χ3n) is 24.2. The quantitative estimate of drug-likeness (QED) is 0.0658. The lowest BCUT2D eigenvalue weighted by atomic mass is 10.0. The normalized spacial score (nSPS) is 22.7. The summed E-state index contributed by atoms with van der Waals surface area (Å²) in [7, 11) is 0. The molecule has 4 saturated carbocycles. The van der Waals surface area contributed by atoms with Crippen LogP contribution in [0.5, 0.6) is 5.75 Å². The molecule has 12 unspecified atom stereocenters. The molecule has 28 heteroatoms. The number of anilines is 4. The van der Waals surface area contributed by atoms with Crippen molar-refractivity contribution in [2.45, 2.75) is 155 Å². The molecular formula is C89H97N23O5. The molecule has 12 atom stereocenters. The SMILES string of the molecule is CCOc1ccc2cccnc2c1C(=O)N1CC2CC(Nc3ccc(C)cn3)C1C2.Cc1ccc(NC2CC3CC2N(C(=O)c2cc(C)ccc2-n2nccn2)C3)nc1.Cc1ccc(NC2CC3CC2N(C(=O)c2cccc(C)c2-n2nccn2)C3)nc1.Cc1ccc(NC2CC3CC2N(C(=O)c2nc(C)ccc2-n2nccn2)C3)nc1. The van der Waals surface area contributed by atoms with Crippen LogP contribution in [0.1, 0.15) is 139 Å². The van der Waals surface area contributed by atoms with Crippen LogP contribution in [0.4, 0.5) is 23.3 Å². The van der Waals surface area contributed by atoms with Gasteiger partial charge in [-0.25, -0.2) is 24.9 Å². The number of ether oxygens (including phenoxy) is 1. The molecule has 4 aliphatic heterocycles. The fourth-order valence-electron chi connectivity index (χ4n) is 18.8. The van der Waals surface area contributed by atoms with E-state index >= 15 is 0 Å². The Bertz CT molecular complexity index is 5250. The molecule has 12 aromatic rings. The average molecular weight is 1570 g/mol. The number of pyridine rings is 6. The molecule has 8 bridgehead atoms. The maximum Gasteiger partial charge on any atom is 0.275 e. The molecule has 8 fully saturated rings. The number of nitrogens with zero attached hydrogens (tertiary/aromatic N) is 19. The van der Waals surface area contributed by atoms with Gasteiger partial charge in [0.05, 0.1) is 90.3 Å². The van der Waals surface area contributed by atoms with Crippen LogP contribution < -0.4 is 26.0 Å². The van der Waals surface area contributed by atoms with Gasteiger partial charge >= 0.3 is 0 Å². The Balaban J connectivity index is 0.000000112. The smallest absolute Gasteiger partial charge is 0.275 e. The minimum Gasteiger partial charge on any atom is -0.493 e. The first kappa shape index (κ1) is 76.7. The molecule has 4 aliphatic carbocycles. The third-order valence-corrected chi connectivity index (χ3v) is 24.2. The summed E-state index contributed by atoms with van der Waals surface area (Å²) in [5.41, 5.74) is 12.5. The number of carbonyl (C=O) groups excluding carboxylic acids is 4. The summed E-state index contributed by atoms with van der Waals surface area (Å²) in [4.78, 5) is 93.9. The van der Waals surface area contributed by atoms with E-state index in [-0.39, 0.29) is 72.0 Å². The molecule has 4 amide bonds. The number of rotatable bonds is 17. The Morgan fingerprint density at radius 3 is 1.26 bits per heavy atom. The van der Waals surface area contributed by atoms with Gasteiger partial charge < -0.3 is 45.6 Å². The predicted octanol–water partition coefficient (Wildman–Crippen LogP) is 12.4. The summed E-state index contributed by atoms with van der Waals surface area (Å²) in [6, 6.07) is 40.8. The Morgan fingerprint density at radius 2 is 0.812 bits per heavy atom. The van der Waals surface area contributed by atoms with Crippen LogP contribution in [-0.4, -0.2) is 199 Å². The van der Waals surface area contributed by atoms with Gasteiger partial charge in [0.1, 0.15) is 46.0 Å². The third kappa shape index (κ3) is 16.2. The molecule has 598 valence electrons. The van der Waals surface area contributed by atoms with Gasteiger partial charge in [-0.3, -0.25) is 24.2 Å². The van der Waals surface area contributed by atoms with E-state index in [4.69, 9.17) is 4.74 Å². The van der Waals surface area contributed by atoms with E-state index in [9.17, 15) is 19.2 Å². The zero-order valence-corrected chi connectivity index (χ0v) is 67.1. The van der Waals surface area contributed by atoms with Crippen molar-refractivity contribution in [2.24, 2.45) is 23.7 Å². The van der Waals surface area contributed by atoms with E-state index in [0.29, 0.717) is 69.6 Å². The van der Waals surface area contributed by atoms with Gasteiger partial charge in [0.15, 0.2) is 5.69 Å². The summed E-state index contributed by atoms with van der Waals surface area (Å²) in [6.07, 6.45) is 27.3. The van der Waals surface area contributed by atoms with Crippen molar-refractivity contribution in [3.63, 3.8) is 0 Å². The molecule has 4 saturated heterocycles. The highest BCUT2D eigenvalue weighted by Crippen LogP contribution is 2.45. The Kier molecular flexibility index (Phi) is 21.7. The summed E-state index contributed by atoms with van der Waals surface area (Å²) in [5, 5.41) is 40.5. The monoisotopic (exact) mass is 1570 g/mol. The second-order valence-corrected chi connectivity index (χ2v) is 32.6. The predicted molar refractivity (Wildman–Crippen MR) is 445 cm³/mol. The van der Waals surface area contributed by atoms with Gasteiger partial charge in [-0.2, -0.15) is 40.2 Å². The van der Waals surface area contributed by atoms with E-state index in [2.05, 4.69) is 100.0 Å². The van der Waals surface area contributed by atoms with Crippen LogP contribution in [0.3, 0.4) is 0 Å². The van der Waals surface area contributed by atoms with Crippen LogP contribution in [0.15, 0.2) is 189 Å². The second kappa shape index (κ2) is 33.1. The van der Waals surface area contributed by atoms with Gasteiger partial charge in [0, 0.05) is 92.4 Å². The number of fused-ring (bicyclic) bond motifs is 9. The van der Waals surface area contributed by atoms with E-state index < -0.39 is 0 Å². The highest BCUT2D eigenvalue weighted by Gasteiger charge is 2.52. The molecule has 9 aromatic heterocycles. The Morgan fingerprint density at radius 1 is 0.393 bits per heavy atom. The van der Waals surface area contributed by atoms with Crippen molar-refractivity contribution >= 4 is 57.8 Å². The first-order chi connectivity index (χ1) is 56.9. The molecule has 0 spiro atoms. The lowest BCUT2D eigenvalue weighted by molar-refractivity contribution is 0.0679. The molecule has 0 radical (unpaired) electrons. The number of nitrogens with one attached hydrogen (secondary N) is 4. The first-order valence-electron chi connectivity index (χ1n) is 40.7. The van der Waals surface area contributed by atoms with Crippen molar-refractivity contribution < 1.29 is 23.9 Å². The number of aryl methyl sites for hydroxylation is 7. The van der Waals surface area contributed by atoms with Crippen LogP contribution in [0, 0.1) is 72.1 Å². The molecule has 20 rings (SSSR count). The molecule has 8 aliphatic rings. The Labute approximate surface area is 679 Å². The number of para-hydroxylation sites is 1. The van der Waals surface area contributed by atoms with Gasteiger partial charge in [0.2, 0.25) is 0 Å². The number of benzene rings is 3. The number of amides is 4. The lowest BCUT2D eigenvalue weighted by Crippen LogP contribution is -2.48. The summed E-state index contributed by atoms with van der Waals surface area (Å²) in [6.45, 7) is 19.6. The fraction of sp³-hybridized carbons (Fsp3) is 0.371. The second-order valence-electron chi connectivity index (χ2n) is 32.6. The van der Waals surface area contributed by atoms with E-state index in [1.807, 2.05) is 203 Å². The largest absolute Gasteiger partial charge is 0.493 e. The fourth-order valence-corrected chi connectivity index (χ4v) is 18.8. The first-order valence-corrected chi connectivity index (χ1v) is 40.7. The Hall–Kier alpha value is -12.9. The van der Waals surface area contributed by atoms with Gasteiger partial charge in [0.25, 0.3) is 23.6 Å². The molecule has 4 N–H and O–H groups in total. The summed E-state index contributed by atoms with van der Waals surface area (Å²) < 4.78 is 5.83. The van der Waals surface area contributed by atoms with Crippen molar-refractivity contribution in [1.82, 2.24) is 94.5 Å². The van der Waals surface area contributed by atoms with Crippen LogP contribution in [-0.2, 0) is 0 Å². The van der Waals surface area contributed by atoms with Crippen LogP contribution in [0.2, 0.25) is 0 Å². The lowest BCUT2D eigenvalue weighted by Gasteiger charge is -2.34. The van der Waals surface area contributed by atoms with E-state index in [0.717, 1.165) is 157 Å². The van der Waals surface area contributed by atoms with Crippen molar-refractivity contribution in [1.29, 1.82) is 0 Å². The number of likely N-dealkylation sites (tertiary alicyclic amines) is 4. The van der Waals surface area contributed by atoms with Crippen molar-refractivity contribution in [3.8, 4) is 22.8 Å². The van der Waals surface area contributed by atoms with Gasteiger partial charge in [-0.05, 0) is 231 Å². The van der Waals surface area contributed by atoms with Crippen molar-refractivity contribution in [2.75, 3.05) is 54.1 Å². The van der Waals surface area contributed by atoms with Gasteiger partial charge in [-0.15, -0.1) is 4.80 Å². The number of hydrogen-bond donors (Lipinski definition) is 4. The van der Waals surface area contributed by atoms with E-state index in [1.165, 1.54) is 9.59 Å². The maximum atomic E-state index is 13.8. The van der Waals surface area contributed by atoms with Crippen molar-refractivity contribution in [3.05, 3.63) is 251 Å². The average Bonchev–Trinajstić information content (AvgIpc) is 1.41. The number of aromatic nitrogens is 15. The summed E-state index contributed by atoms with van der Waals surface area (Å²) in [5.74, 6) is 6.22.